The number of benzene rings is 2. The highest BCUT2D eigenvalue weighted by Crippen LogP contribution is 2.22. The fourth-order valence-corrected chi connectivity index (χ4v) is 2.44. The molecule has 0 saturated carbocycles. The lowest BCUT2D eigenvalue weighted by atomic mass is 10.2. The molecule has 2 aromatic carbocycles. The standard InChI is InChI=1S/C19H17FN4O/c1-2-24(16-9-4-3-5-10-16)18-12-11-17(22-23-18)21-19(25)14-7-6-8-15(20)13-14/h3-13H,2H2,1H3,(H,21,22,25). The molecule has 0 aliphatic heterocycles. The Hall–Kier alpha value is -3.28. The molecule has 0 atom stereocenters. The molecule has 0 unspecified atom stereocenters. The van der Waals surface area contributed by atoms with Gasteiger partial charge in [-0.3, -0.25) is 4.79 Å². The van der Waals surface area contributed by atoms with Crippen LogP contribution >= 0.6 is 0 Å². The van der Waals surface area contributed by atoms with Crippen molar-refractivity contribution in [2.75, 3.05) is 16.8 Å². The highest BCUT2D eigenvalue weighted by molar-refractivity contribution is 6.03. The molecular weight excluding hydrogens is 319 g/mol. The predicted octanol–water partition coefficient (Wildman–Crippen LogP) is 4.03. The van der Waals surface area contributed by atoms with Crippen LogP contribution in [0.25, 0.3) is 0 Å². The second kappa shape index (κ2) is 7.53. The molecule has 126 valence electrons. The predicted molar refractivity (Wildman–Crippen MR) is 95.5 cm³/mol. The Labute approximate surface area is 145 Å². The molecule has 6 heteroatoms. The Kier molecular flexibility index (Phi) is 4.99. The summed E-state index contributed by atoms with van der Waals surface area (Å²) in [5, 5.41) is 10.8. The molecule has 0 fully saturated rings. The van der Waals surface area contributed by atoms with Crippen LogP contribution in [-0.2, 0) is 0 Å². The summed E-state index contributed by atoms with van der Waals surface area (Å²) in [4.78, 5) is 14.1. The summed E-state index contributed by atoms with van der Waals surface area (Å²) in [5.41, 5.74) is 1.24. The maximum Gasteiger partial charge on any atom is 0.256 e. The summed E-state index contributed by atoms with van der Waals surface area (Å²) >= 11 is 0. The Morgan fingerprint density at radius 3 is 2.48 bits per heavy atom. The molecule has 3 aromatic rings. The topological polar surface area (TPSA) is 58.1 Å². The maximum atomic E-state index is 13.2. The largest absolute Gasteiger partial charge is 0.325 e. The van der Waals surface area contributed by atoms with Crippen molar-refractivity contribution in [1.29, 1.82) is 0 Å². The lowest BCUT2D eigenvalue weighted by molar-refractivity contribution is 0.102. The fraction of sp³-hybridized carbons (Fsp3) is 0.105. The van der Waals surface area contributed by atoms with E-state index in [0.29, 0.717) is 11.6 Å². The Balaban J connectivity index is 1.75. The number of carbonyl (C=O) groups is 1. The van der Waals surface area contributed by atoms with E-state index >= 15 is 0 Å². The molecular formula is C19H17FN4O. The number of hydrogen-bond acceptors (Lipinski definition) is 4. The van der Waals surface area contributed by atoms with Crippen molar-refractivity contribution in [3.63, 3.8) is 0 Å². The van der Waals surface area contributed by atoms with Gasteiger partial charge in [-0.15, -0.1) is 10.2 Å². The summed E-state index contributed by atoms with van der Waals surface area (Å²) in [6.45, 7) is 2.75. The zero-order valence-electron chi connectivity index (χ0n) is 13.7. The SMILES string of the molecule is CCN(c1ccccc1)c1ccc(NC(=O)c2cccc(F)c2)nn1. The van der Waals surface area contributed by atoms with E-state index in [9.17, 15) is 9.18 Å². The first-order valence-corrected chi connectivity index (χ1v) is 7.90. The lowest BCUT2D eigenvalue weighted by Crippen LogP contribution is -2.18. The molecule has 3 rings (SSSR count). The number of nitrogens with one attached hydrogen (secondary N) is 1. The zero-order chi connectivity index (χ0) is 17.6. The molecule has 25 heavy (non-hydrogen) atoms. The van der Waals surface area contributed by atoms with Crippen molar-refractivity contribution in [3.05, 3.63) is 78.1 Å². The first-order valence-electron chi connectivity index (χ1n) is 7.90. The Morgan fingerprint density at radius 2 is 1.84 bits per heavy atom. The number of para-hydroxylation sites is 1. The van der Waals surface area contributed by atoms with Gasteiger partial charge in [-0.1, -0.05) is 24.3 Å². The van der Waals surface area contributed by atoms with Gasteiger partial charge in [0.05, 0.1) is 0 Å². The quantitative estimate of drug-likeness (QED) is 0.764. The summed E-state index contributed by atoms with van der Waals surface area (Å²) in [6.07, 6.45) is 0. The number of anilines is 3. The average Bonchev–Trinajstić information content (AvgIpc) is 2.64. The van der Waals surface area contributed by atoms with Crippen LogP contribution in [0.1, 0.15) is 17.3 Å². The van der Waals surface area contributed by atoms with Crippen LogP contribution in [0.15, 0.2) is 66.7 Å². The molecule has 0 saturated heterocycles. The number of rotatable bonds is 5. The first kappa shape index (κ1) is 16.6. The third-order valence-electron chi connectivity index (χ3n) is 3.64. The van der Waals surface area contributed by atoms with Crippen LogP contribution in [0.3, 0.4) is 0 Å². The highest BCUT2D eigenvalue weighted by Gasteiger charge is 2.11. The molecule has 5 nitrogen and oxygen atoms in total. The van der Waals surface area contributed by atoms with Crippen LogP contribution < -0.4 is 10.2 Å². The van der Waals surface area contributed by atoms with E-state index in [-0.39, 0.29) is 5.56 Å². The van der Waals surface area contributed by atoms with E-state index in [1.54, 1.807) is 12.1 Å². The molecule has 0 aliphatic carbocycles. The van der Waals surface area contributed by atoms with Crippen molar-refractivity contribution in [1.82, 2.24) is 10.2 Å². The van der Waals surface area contributed by atoms with Crippen LogP contribution in [-0.4, -0.2) is 22.6 Å². The molecule has 1 amide bonds. The van der Waals surface area contributed by atoms with Gasteiger partial charge in [0.2, 0.25) is 0 Å². The van der Waals surface area contributed by atoms with E-state index in [2.05, 4.69) is 15.5 Å². The fourth-order valence-electron chi connectivity index (χ4n) is 2.44. The highest BCUT2D eigenvalue weighted by atomic mass is 19.1. The molecule has 0 radical (unpaired) electrons. The lowest BCUT2D eigenvalue weighted by Gasteiger charge is -2.21. The van der Waals surface area contributed by atoms with Gasteiger partial charge >= 0.3 is 0 Å². The molecule has 0 spiro atoms. The van der Waals surface area contributed by atoms with Crippen LogP contribution in [0.5, 0.6) is 0 Å². The smallest absolute Gasteiger partial charge is 0.256 e. The number of hydrogen-bond donors (Lipinski definition) is 1. The number of nitrogens with zero attached hydrogens (tertiary/aromatic N) is 3. The van der Waals surface area contributed by atoms with Crippen molar-refractivity contribution >= 4 is 23.2 Å². The van der Waals surface area contributed by atoms with Crippen LogP contribution in [0, 0.1) is 5.82 Å². The number of amides is 1. The maximum absolute atomic E-state index is 13.2. The van der Waals surface area contributed by atoms with Gasteiger partial charge in [0, 0.05) is 17.8 Å². The van der Waals surface area contributed by atoms with E-state index in [4.69, 9.17) is 0 Å². The monoisotopic (exact) mass is 336 g/mol. The zero-order valence-corrected chi connectivity index (χ0v) is 13.7. The minimum atomic E-state index is -0.462. The summed E-state index contributed by atoms with van der Waals surface area (Å²) < 4.78 is 13.2. The Morgan fingerprint density at radius 1 is 1.04 bits per heavy atom. The third kappa shape index (κ3) is 3.98. The number of carbonyl (C=O) groups excluding carboxylic acids is 1. The molecule has 1 N–H and O–H groups in total. The van der Waals surface area contributed by atoms with Crippen molar-refractivity contribution in [2.45, 2.75) is 6.92 Å². The van der Waals surface area contributed by atoms with Gasteiger partial charge in [0.15, 0.2) is 11.6 Å². The minimum absolute atomic E-state index is 0.227. The van der Waals surface area contributed by atoms with Gasteiger partial charge in [0.25, 0.3) is 5.91 Å². The van der Waals surface area contributed by atoms with Crippen LogP contribution in [0.2, 0.25) is 0 Å². The number of aromatic nitrogens is 2. The molecule has 0 aliphatic rings. The first-order chi connectivity index (χ1) is 12.2. The normalized spacial score (nSPS) is 10.3. The average molecular weight is 336 g/mol. The minimum Gasteiger partial charge on any atom is -0.325 e. The van der Waals surface area contributed by atoms with Gasteiger partial charge in [-0.25, -0.2) is 4.39 Å². The van der Waals surface area contributed by atoms with E-state index in [1.807, 2.05) is 42.2 Å². The second-order valence-corrected chi connectivity index (χ2v) is 5.32. The summed E-state index contributed by atoms with van der Waals surface area (Å²) in [5.74, 6) is 0.0899. The molecule has 1 heterocycles. The van der Waals surface area contributed by atoms with E-state index < -0.39 is 11.7 Å². The van der Waals surface area contributed by atoms with Gasteiger partial charge in [-0.2, -0.15) is 0 Å². The van der Waals surface area contributed by atoms with Crippen molar-refractivity contribution in [2.24, 2.45) is 0 Å². The van der Waals surface area contributed by atoms with Crippen LogP contribution in [0.4, 0.5) is 21.7 Å². The van der Waals surface area contributed by atoms with Gasteiger partial charge in [0.1, 0.15) is 5.82 Å². The Bertz CT molecular complexity index is 853. The van der Waals surface area contributed by atoms with Gasteiger partial charge in [-0.05, 0) is 49.4 Å². The summed E-state index contributed by atoms with van der Waals surface area (Å²) in [6, 6.07) is 18.8. The van der Waals surface area contributed by atoms with Crippen molar-refractivity contribution in [3.8, 4) is 0 Å². The number of halogens is 1. The second-order valence-electron chi connectivity index (χ2n) is 5.32. The van der Waals surface area contributed by atoms with E-state index in [0.717, 1.165) is 12.2 Å². The molecule has 0 bridgehead atoms. The van der Waals surface area contributed by atoms with E-state index in [1.165, 1.54) is 24.3 Å². The molecule has 1 aromatic heterocycles. The summed E-state index contributed by atoms with van der Waals surface area (Å²) in [7, 11) is 0. The van der Waals surface area contributed by atoms with Gasteiger partial charge < -0.3 is 10.2 Å². The van der Waals surface area contributed by atoms with Crippen molar-refractivity contribution < 1.29 is 9.18 Å². The third-order valence-corrected chi connectivity index (χ3v) is 3.64.